The highest BCUT2D eigenvalue weighted by atomic mass is 35.5. The second-order valence-corrected chi connectivity index (χ2v) is 12.8. The molecule has 0 saturated carbocycles. The minimum Gasteiger partial charge on any atom is -0.493 e. The molecule has 5 heterocycles. The van der Waals surface area contributed by atoms with Crippen LogP contribution in [0.5, 0.6) is 17.5 Å². The number of aromatic nitrogens is 7. The number of morpholine rings is 2. The first-order valence-corrected chi connectivity index (χ1v) is 17.1. The molecule has 0 spiro atoms. The summed E-state index contributed by atoms with van der Waals surface area (Å²) in [5.74, 6) is 2.04. The topological polar surface area (TPSA) is 168 Å². The average molecular weight is 753 g/mol. The predicted octanol–water partition coefficient (Wildman–Crippen LogP) is 2.89. The van der Waals surface area contributed by atoms with Crippen molar-refractivity contribution in [3.05, 3.63) is 78.4 Å². The molecule has 2 saturated heterocycles. The lowest BCUT2D eigenvalue weighted by atomic mass is 10.2. The number of hydrogen-bond acceptors (Lipinski definition) is 14. The third-order valence-electron chi connectivity index (χ3n) is 8.62. The molecule has 3 aromatic heterocycles. The summed E-state index contributed by atoms with van der Waals surface area (Å²) in [4.78, 5) is 48.8. The molecular formula is C33H35Cl2N11O6. The quantitative estimate of drug-likeness (QED) is 0.164. The van der Waals surface area contributed by atoms with E-state index in [1.807, 2.05) is 0 Å². The molecule has 0 aliphatic carbocycles. The average Bonchev–Trinajstić information content (AvgIpc) is 3.52. The predicted molar refractivity (Wildman–Crippen MR) is 196 cm³/mol. The van der Waals surface area contributed by atoms with Crippen molar-refractivity contribution >= 4 is 58.4 Å². The van der Waals surface area contributed by atoms with Crippen LogP contribution in [0.25, 0.3) is 11.2 Å². The van der Waals surface area contributed by atoms with Gasteiger partial charge in [-0.15, -0.1) is 0 Å². The molecule has 17 nitrogen and oxygen atoms in total. The Morgan fingerprint density at radius 1 is 0.865 bits per heavy atom. The van der Waals surface area contributed by atoms with E-state index in [0.717, 1.165) is 4.57 Å². The molecule has 52 heavy (non-hydrogen) atoms. The normalized spacial score (nSPS) is 15.1. The van der Waals surface area contributed by atoms with Crippen LogP contribution in [0.1, 0.15) is 11.1 Å². The summed E-state index contributed by atoms with van der Waals surface area (Å²) in [5, 5.41) is 5.25. The van der Waals surface area contributed by atoms with Gasteiger partial charge in [0.25, 0.3) is 5.56 Å². The van der Waals surface area contributed by atoms with Crippen LogP contribution in [-0.2, 0) is 30.1 Å². The number of halogens is 2. The van der Waals surface area contributed by atoms with Gasteiger partial charge in [-0.1, -0.05) is 29.3 Å². The third kappa shape index (κ3) is 7.25. The zero-order chi connectivity index (χ0) is 36.4. The Bertz CT molecular complexity index is 2230. The van der Waals surface area contributed by atoms with Crippen LogP contribution in [0, 0.1) is 0 Å². The molecule has 2 aliphatic rings. The molecule has 7 rings (SSSR count). The summed E-state index contributed by atoms with van der Waals surface area (Å²) in [6.45, 7) is 5.15. The van der Waals surface area contributed by atoms with Gasteiger partial charge < -0.3 is 28.7 Å². The first kappa shape index (κ1) is 35.2. The largest absolute Gasteiger partial charge is 0.493 e. The number of methoxy groups -OCH3 is 1. The minimum absolute atomic E-state index is 0.0441. The molecule has 0 radical (unpaired) electrons. The lowest BCUT2D eigenvalue weighted by Crippen LogP contribution is -2.40. The molecular weight excluding hydrogens is 717 g/mol. The molecule has 5 aromatic rings. The van der Waals surface area contributed by atoms with Crippen molar-refractivity contribution in [1.82, 2.24) is 33.6 Å². The number of fused-ring (bicyclic) bond motifs is 1. The van der Waals surface area contributed by atoms with Crippen LogP contribution in [0.15, 0.2) is 51.1 Å². The van der Waals surface area contributed by atoms with E-state index < -0.39 is 11.2 Å². The van der Waals surface area contributed by atoms with Crippen LogP contribution >= 0.6 is 23.2 Å². The molecule has 272 valence electrons. The van der Waals surface area contributed by atoms with Crippen LogP contribution in [0.2, 0.25) is 10.0 Å². The van der Waals surface area contributed by atoms with E-state index in [4.69, 9.17) is 47.1 Å². The smallest absolute Gasteiger partial charge is 0.332 e. The van der Waals surface area contributed by atoms with Crippen LogP contribution in [0.4, 0.5) is 17.8 Å². The summed E-state index contributed by atoms with van der Waals surface area (Å²) < 4.78 is 26.8. The summed E-state index contributed by atoms with van der Waals surface area (Å²) in [7, 11) is 4.44. The lowest BCUT2D eigenvalue weighted by molar-refractivity contribution is 0.121. The molecule has 1 N–H and O–H groups in total. The van der Waals surface area contributed by atoms with E-state index in [1.54, 1.807) is 47.2 Å². The second-order valence-electron chi connectivity index (χ2n) is 11.9. The van der Waals surface area contributed by atoms with Crippen molar-refractivity contribution in [2.45, 2.75) is 6.54 Å². The minimum atomic E-state index is -0.538. The Morgan fingerprint density at radius 2 is 1.54 bits per heavy atom. The van der Waals surface area contributed by atoms with Crippen molar-refractivity contribution < 1.29 is 18.9 Å². The summed E-state index contributed by atoms with van der Waals surface area (Å²) in [6.07, 6.45) is 1.59. The maximum absolute atomic E-state index is 13.4. The van der Waals surface area contributed by atoms with Gasteiger partial charge in [0, 0.05) is 50.3 Å². The van der Waals surface area contributed by atoms with Crippen molar-refractivity contribution in [2.75, 3.05) is 74.9 Å². The Morgan fingerprint density at radius 3 is 2.17 bits per heavy atom. The Labute approximate surface area is 306 Å². The maximum Gasteiger partial charge on any atom is 0.332 e. The lowest BCUT2D eigenvalue weighted by Gasteiger charge is -2.30. The van der Waals surface area contributed by atoms with E-state index in [-0.39, 0.29) is 23.7 Å². The first-order chi connectivity index (χ1) is 25.2. The molecule has 2 fully saturated rings. The van der Waals surface area contributed by atoms with Gasteiger partial charge in [-0.3, -0.25) is 18.5 Å². The fourth-order valence-electron chi connectivity index (χ4n) is 5.80. The second kappa shape index (κ2) is 15.2. The number of benzene rings is 2. The Hall–Kier alpha value is -5.23. The van der Waals surface area contributed by atoms with E-state index in [0.29, 0.717) is 103 Å². The van der Waals surface area contributed by atoms with Gasteiger partial charge in [0.2, 0.25) is 17.8 Å². The van der Waals surface area contributed by atoms with Gasteiger partial charge >= 0.3 is 11.7 Å². The van der Waals surface area contributed by atoms with E-state index in [9.17, 15) is 9.59 Å². The molecule has 0 unspecified atom stereocenters. The standard InChI is InChI=1S/C33H35Cl2N11O6/c1-42-27-26(28(47)43(2)33(42)48)46(19-21-5-6-22(34)17-23(21)35)32(37-27)52-24-7-4-20(16-25(24)49-3)18-36-41-29-38-30(44-8-12-50-13-9-44)40-31(39-29)45-10-14-51-15-11-45/h4-7,16-18H,8-15,19H2,1-3H3,(H,38,39,40,41). The zero-order valence-corrected chi connectivity index (χ0v) is 30.1. The van der Waals surface area contributed by atoms with Crippen molar-refractivity contribution in [2.24, 2.45) is 19.2 Å². The molecule has 2 aliphatic heterocycles. The fraction of sp³-hybridized carbons (Fsp3) is 0.364. The fourth-order valence-corrected chi connectivity index (χ4v) is 6.26. The summed E-state index contributed by atoms with van der Waals surface area (Å²) in [6, 6.07) is 10.3. The number of rotatable bonds is 10. The maximum atomic E-state index is 13.4. The zero-order valence-electron chi connectivity index (χ0n) is 28.6. The van der Waals surface area contributed by atoms with Crippen molar-refractivity contribution in [1.29, 1.82) is 0 Å². The molecule has 2 aromatic carbocycles. The number of hydrogen-bond donors (Lipinski definition) is 1. The van der Waals surface area contributed by atoms with Crippen LogP contribution in [0.3, 0.4) is 0 Å². The number of imidazole rings is 1. The highest BCUT2D eigenvalue weighted by molar-refractivity contribution is 6.35. The van der Waals surface area contributed by atoms with Gasteiger partial charge in [-0.25, -0.2) is 10.2 Å². The molecule has 0 atom stereocenters. The van der Waals surface area contributed by atoms with Crippen LogP contribution in [-0.4, -0.2) is 99.6 Å². The van der Waals surface area contributed by atoms with Crippen molar-refractivity contribution in [3.8, 4) is 17.5 Å². The number of nitrogens with one attached hydrogen (secondary N) is 1. The number of aryl methyl sites for hydroxylation is 1. The Balaban J connectivity index is 1.17. The van der Waals surface area contributed by atoms with Gasteiger partial charge in [-0.2, -0.15) is 25.0 Å². The highest BCUT2D eigenvalue weighted by Crippen LogP contribution is 2.34. The first-order valence-electron chi connectivity index (χ1n) is 16.4. The van der Waals surface area contributed by atoms with Crippen LogP contribution < -0.4 is 35.9 Å². The number of ether oxygens (including phenoxy) is 4. The summed E-state index contributed by atoms with van der Waals surface area (Å²) in [5.41, 5.74) is 3.51. The summed E-state index contributed by atoms with van der Waals surface area (Å²) >= 11 is 12.6. The van der Waals surface area contributed by atoms with E-state index in [2.05, 4.69) is 35.3 Å². The number of nitrogens with zero attached hydrogens (tertiary/aromatic N) is 10. The number of hydrazone groups is 1. The van der Waals surface area contributed by atoms with Gasteiger partial charge in [0.05, 0.1) is 46.3 Å². The number of anilines is 3. The highest BCUT2D eigenvalue weighted by Gasteiger charge is 2.24. The Kier molecular flexibility index (Phi) is 10.3. The molecule has 0 bridgehead atoms. The van der Waals surface area contributed by atoms with Gasteiger partial charge in [-0.05, 0) is 41.5 Å². The van der Waals surface area contributed by atoms with E-state index >= 15 is 0 Å². The van der Waals surface area contributed by atoms with Gasteiger partial charge in [0.1, 0.15) is 0 Å². The van der Waals surface area contributed by atoms with E-state index in [1.165, 1.54) is 25.8 Å². The molecule has 0 amide bonds. The third-order valence-corrected chi connectivity index (χ3v) is 9.21. The monoisotopic (exact) mass is 751 g/mol. The van der Waals surface area contributed by atoms with Crippen molar-refractivity contribution in [3.63, 3.8) is 0 Å². The molecule has 19 heteroatoms. The van der Waals surface area contributed by atoms with Gasteiger partial charge in [0.15, 0.2) is 22.7 Å². The SMILES string of the molecule is COc1cc(C=NNc2nc(N3CCOCC3)nc(N3CCOCC3)n2)ccc1Oc1nc2c(c(=O)n(C)c(=O)n2C)n1Cc1ccc(Cl)cc1Cl.